The molecule has 0 saturated heterocycles. The van der Waals surface area contributed by atoms with Crippen molar-refractivity contribution in [3.63, 3.8) is 0 Å². The number of amides is 1. The van der Waals surface area contributed by atoms with Gasteiger partial charge < -0.3 is 19.9 Å². The third kappa shape index (κ3) is 3.32. The number of carboxylic acid groups (broad SMARTS) is 1. The molecule has 9 nitrogen and oxygen atoms in total. The molecule has 0 spiro atoms. The second-order valence-corrected chi connectivity index (χ2v) is 4.20. The molecule has 0 aliphatic heterocycles. The maximum atomic E-state index is 12.0. The second kappa shape index (κ2) is 6.57. The number of hydrogen-bond donors (Lipinski definition) is 2. The summed E-state index contributed by atoms with van der Waals surface area (Å²) in [6.45, 7) is -0.290. The number of anilines is 1. The van der Waals surface area contributed by atoms with E-state index in [0.29, 0.717) is 17.2 Å². The lowest BCUT2D eigenvalue weighted by molar-refractivity contribution is -0.117. The van der Waals surface area contributed by atoms with Crippen molar-refractivity contribution in [2.24, 2.45) is 0 Å². The first-order valence-corrected chi connectivity index (χ1v) is 6.18. The van der Waals surface area contributed by atoms with Gasteiger partial charge in [-0.2, -0.15) is 0 Å². The Labute approximate surface area is 125 Å². The molecule has 0 aliphatic carbocycles. The van der Waals surface area contributed by atoms with E-state index in [0.717, 1.165) is 10.9 Å². The largest absolute Gasteiger partial charge is 0.497 e. The number of nitrogens with zero attached hydrogens (tertiary/aromatic N) is 3. The fourth-order valence-corrected chi connectivity index (χ4v) is 1.78. The molecule has 0 aliphatic rings. The topological polar surface area (TPSA) is 116 Å². The van der Waals surface area contributed by atoms with Gasteiger partial charge in [0.2, 0.25) is 5.91 Å². The first-order valence-electron chi connectivity index (χ1n) is 6.18. The molecule has 116 valence electrons. The summed E-state index contributed by atoms with van der Waals surface area (Å²) in [5, 5.41) is 18.6. The maximum absolute atomic E-state index is 12.0. The lowest BCUT2D eigenvalue weighted by Gasteiger charge is -2.12. The Balaban J connectivity index is 2.15. The molecule has 1 amide bonds. The van der Waals surface area contributed by atoms with Crippen LogP contribution in [0.1, 0.15) is 10.5 Å². The third-order valence-electron chi connectivity index (χ3n) is 2.81. The number of carbonyl (C=O) groups is 2. The van der Waals surface area contributed by atoms with E-state index in [1.807, 2.05) is 0 Å². The Morgan fingerprint density at radius 1 is 1.32 bits per heavy atom. The van der Waals surface area contributed by atoms with Crippen molar-refractivity contribution in [3.05, 3.63) is 30.1 Å². The minimum atomic E-state index is -1.21. The number of methoxy groups -OCH3 is 2. The van der Waals surface area contributed by atoms with Gasteiger partial charge in [-0.3, -0.25) is 4.79 Å². The van der Waals surface area contributed by atoms with Gasteiger partial charge in [-0.25, -0.2) is 9.48 Å². The van der Waals surface area contributed by atoms with Crippen LogP contribution in [0.5, 0.6) is 11.5 Å². The molecule has 2 N–H and O–H groups in total. The fourth-order valence-electron chi connectivity index (χ4n) is 1.78. The first kappa shape index (κ1) is 15.3. The molecule has 22 heavy (non-hydrogen) atoms. The molecular weight excluding hydrogens is 292 g/mol. The molecule has 0 radical (unpaired) electrons. The summed E-state index contributed by atoms with van der Waals surface area (Å²) in [5.74, 6) is -0.689. The molecule has 9 heteroatoms. The number of carbonyl (C=O) groups excluding carboxylic acids is 1. The smallest absolute Gasteiger partial charge is 0.355 e. The lowest BCUT2D eigenvalue weighted by atomic mass is 10.2. The average molecular weight is 306 g/mol. The van der Waals surface area contributed by atoms with Gasteiger partial charge in [0.05, 0.1) is 26.1 Å². The molecule has 0 atom stereocenters. The normalized spacial score (nSPS) is 10.1. The summed E-state index contributed by atoms with van der Waals surface area (Å²) < 4.78 is 11.2. The highest BCUT2D eigenvalue weighted by Gasteiger charge is 2.15. The lowest BCUT2D eigenvalue weighted by Crippen LogP contribution is -2.22. The van der Waals surface area contributed by atoms with Crippen LogP contribution in [-0.4, -0.2) is 46.2 Å². The standard InChI is InChI=1S/C13H14N4O5/c1-21-8-3-4-11(22-2)9(5-8)15-12(18)7-17-10(13(19)20)6-14-16-17/h3-6H,7H2,1-2H3,(H,15,18)(H,19,20). The summed E-state index contributed by atoms with van der Waals surface area (Å²) in [6, 6.07) is 4.93. The van der Waals surface area contributed by atoms with E-state index < -0.39 is 11.9 Å². The molecule has 0 fully saturated rings. The predicted molar refractivity (Wildman–Crippen MR) is 75.2 cm³/mol. The zero-order valence-electron chi connectivity index (χ0n) is 11.9. The number of nitrogens with one attached hydrogen (secondary N) is 1. The van der Waals surface area contributed by atoms with Crippen LogP contribution in [0.4, 0.5) is 5.69 Å². The zero-order valence-corrected chi connectivity index (χ0v) is 11.9. The monoisotopic (exact) mass is 306 g/mol. The Morgan fingerprint density at radius 3 is 2.73 bits per heavy atom. The highest BCUT2D eigenvalue weighted by molar-refractivity contribution is 5.93. The van der Waals surface area contributed by atoms with E-state index in [1.54, 1.807) is 18.2 Å². The van der Waals surface area contributed by atoms with Crippen LogP contribution in [0.3, 0.4) is 0 Å². The molecule has 2 rings (SSSR count). The van der Waals surface area contributed by atoms with Gasteiger partial charge in [-0.05, 0) is 12.1 Å². The summed E-state index contributed by atoms with van der Waals surface area (Å²) in [6.07, 6.45) is 1.07. The fraction of sp³-hybridized carbons (Fsp3) is 0.231. The summed E-state index contributed by atoms with van der Waals surface area (Å²) in [4.78, 5) is 23.0. The van der Waals surface area contributed by atoms with Gasteiger partial charge >= 0.3 is 5.97 Å². The van der Waals surface area contributed by atoms with Gasteiger partial charge in [-0.1, -0.05) is 5.21 Å². The molecular formula is C13H14N4O5. The van der Waals surface area contributed by atoms with E-state index in [4.69, 9.17) is 14.6 Å². The number of hydrogen-bond acceptors (Lipinski definition) is 6. The van der Waals surface area contributed by atoms with Crippen molar-refractivity contribution in [1.29, 1.82) is 0 Å². The number of ether oxygens (including phenoxy) is 2. The van der Waals surface area contributed by atoms with E-state index in [1.165, 1.54) is 14.2 Å². The van der Waals surface area contributed by atoms with Gasteiger partial charge in [0, 0.05) is 6.07 Å². The minimum absolute atomic E-state index is 0.173. The minimum Gasteiger partial charge on any atom is -0.497 e. The molecule has 1 heterocycles. The van der Waals surface area contributed by atoms with Crippen molar-refractivity contribution in [2.75, 3.05) is 19.5 Å². The van der Waals surface area contributed by atoms with Crippen LogP contribution in [-0.2, 0) is 11.3 Å². The Hall–Kier alpha value is -3.10. The van der Waals surface area contributed by atoms with Gasteiger partial charge in [0.15, 0.2) is 5.69 Å². The van der Waals surface area contributed by atoms with Gasteiger partial charge in [0.1, 0.15) is 18.0 Å². The van der Waals surface area contributed by atoms with E-state index in [9.17, 15) is 9.59 Å². The van der Waals surface area contributed by atoms with Crippen LogP contribution < -0.4 is 14.8 Å². The molecule has 0 saturated carbocycles. The van der Waals surface area contributed by atoms with Crippen LogP contribution in [0.2, 0.25) is 0 Å². The summed E-state index contributed by atoms with van der Waals surface area (Å²) >= 11 is 0. The quantitative estimate of drug-likeness (QED) is 0.804. The average Bonchev–Trinajstić information content (AvgIpc) is 2.95. The predicted octanol–water partition coefficient (Wildman–Crippen LogP) is 0.632. The number of aromatic carboxylic acids is 1. The molecule has 0 bridgehead atoms. The Kier molecular flexibility index (Phi) is 4.57. The number of rotatable bonds is 6. The molecule has 0 unspecified atom stereocenters. The zero-order chi connectivity index (χ0) is 16.1. The number of carboxylic acids is 1. The van der Waals surface area contributed by atoms with Crippen molar-refractivity contribution in [3.8, 4) is 11.5 Å². The number of aromatic nitrogens is 3. The highest BCUT2D eigenvalue weighted by Crippen LogP contribution is 2.28. The molecule has 2 aromatic rings. The van der Waals surface area contributed by atoms with Crippen molar-refractivity contribution >= 4 is 17.6 Å². The van der Waals surface area contributed by atoms with E-state index in [2.05, 4.69) is 15.6 Å². The van der Waals surface area contributed by atoms with E-state index >= 15 is 0 Å². The van der Waals surface area contributed by atoms with Gasteiger partial charge in [0.25, 0.3) is 0 Å². The van der Waals surface area contributed by atoms with Crippen molar-refractivity contribution in [2.45, 2.75) is 6.54 Å². The summed E-state index contributed by atoms with van der Waals surface area (Å²) in [7, 11) is 2.97. The third-order valence-corrected chi connectivity index (χ3v) is 2.81. The molecule has 1 aromatic carbocycles. The molecule has 1 aromatic heterocycles. The van der Waals surface area contributed by atoms with Crippen LogP contribution >= 0.6 is 0 Å². The SMILES string of the molecule is COc1ccc(OC)c(NC(=O)Cn2nncc2C(=O)O)c1. The highest BCUT2D eigenvalue weighted by atomic mass is 16.5. The number of benzene rings is 1. The summed E-state index contributed by atoms with van der Waals surface area (Å²) in [5.41, 5.74) is 0.233. The Morgan fingerprint density at radius 2 is 2.09 bits per heavy atom. The van der Waals surface area contributed by atoms with Crippen LogP contribution in [0.25, 0.3) is 0 Å². The van der Waals surface area contributed by atoms with Crippen molar-refractivity contribution < 1.29 is 24.2 Å². The first-order chi connectivity index (χ1) is 10.5. The Bertz CT molecular complexity index is 697. The van der Waals surface area contributed by atoms with Gasteiger partial charge in [-0.15, -0.1) is 5.10 Å². The van der Waals surface area contributed by atoms with Crippen LogP contribution in [0, 0.1) is 0 Å². The van der Waals surface area contributed by atoms with Crippen molar-refractivity contribution in [1.82, 2.24) is 15.0 Å². The maximum Gasteiger partial charge on any atom is 0.355 e. The van der Waals surface area contributed by atoms with Crippen LogP contribution in [0.15, 0.2) is 24.4 Å². The van der Waals surface area contributed by atoms with E-state index in [-0.39, 0.29) is 12.2 Å². The second-order valence-electron chi connectivity index (χ2n) is 4.20.